The predicted octanol–water partition coefficient (Wildman–Crippen LogP) is 3.48. The molecule has 1 aliphatic rings. The summed E-state index contributed by atoms with van der Waals surface area (Å²) in [5, 5.41) is 12.8. The lowest BCUT2D eigenvalue weighted by atomic mass is 9.99. The maximum absolute atomic E-state index is 12.3. The fourth-order valence-electron chi connectivity index (χ4n) is 3.61. The maximum Gasteiger partial charge on any atom is 0.251 e. The minimum atomic E-state index is -0.182. The summed E-state index contributed by atoms with van der Waals surface area (Å²) in [5.74, 6) is -0.272. The summed E-state index contributed by atoms with van der Waals surface area (Å²) in [6.07, 6.45) is 3.41. The van der Waals surface area contributed by atoms with Crippen LogP contribution in [0.1, 0.15) is 46.9 Å². The van der Waals surface area contributed by atoms with E-state index in [2.05, 4.69) is 17.3 Å². The second kappa shape index (κ2) is 8.35. The van der Waals surface area contributed by atoms with Crippen LogP contribution in [0.15, 0.2) is 42.5 Å². The zero-order valence-corrected chi connectivity index (χ0v) is 15.9. The van der Waals surface area contributed by atoms with Gasteiger partial charge in [0.2, 0.25) is 0 Å². The molecule has 1 fully saturated rings. The first-order chi connectivity index (χ1) is 13.0. The fourth-order valence-corrected chi connectivity index (χ4v) is 3.61. The van der Waals surface area contributed by atoms with Crippen molar-refractivity contribution in [2.75, 3.05) is 20.1 Å². The second-order valence-electron chi connectivity index (χ2n) is 7.19. The molecule has 0 aliphatic carbocycles. The Morgan fingerprint density at radius 2 is 1.85 bits per heavy atom. The number of carbonyl (C=O) groups excluding carboxylic acids is 2. The van der Waals surface area contributed by atoms with E-state index in [1.54, 1.807) is 24.3 Å². The molecule has 0 radical (unpaired) electrons. The summed E-state index contributed by atoms with van der Waals surface area (Å²) >= 11 is 0. The molecule has 2 aromatic rings. The highest BCUT2D eigenvalue weighted by Crippen LogP contribution is 2.26. The molecule has 0 bridgehead atoms. The van der Waals surface area contributed by atoms with E-state index in [-0.39, 0.29) is 17.4 Å². The number of rotatable bonds is 6. The SMILES string of the molecule is CC(=O)c1cc(-c2ccc(C(=O)NCC[C@@H]3CCCN3C)cc2)ccc1O. The van der Waals surface area contributed by atoms with Crippen LogP contribution in [0.25, 0.3) is 11.1 Å². The van der Waals surface area contributed by atoms with E-state index < -0.39 is 0 Å². The van der Waals surface area contributed by atoms with Crippen molar-refractivity contribution in [3.8, 4) is 16.9 Å². The summed E-state index contributed by atoms with van der Waals surface area (Å²) in [7, 11) is 2.14. The van der Waals surface area contributed by atoms with Gasteiger partial charge in [0.25, 0.3) is 5.91 Å². The summed E-state index contributed by atoms with van der Waals surface area (Å²) in [4.78, 5) is 26.3. The average Bonchev–Trinajstić information content (AvgIpc) is 3.07. The number of aromatic hydroxyl groups is 1. The highest BCUT2D eigenvalue weighted by atomic mass is 16.3. The van der Waals surface area contributed by atoms with Crippen LogP contribution in [0.4, 0.5) is 0 Å². The van der Waals surface area contributed by atoms with Gasteiger partial charge in [0.15, 0.2) is 5.78 Å². The number of nitrogens with one attached hydrogen (secondary N) is 1. The molecule has 1 amide bonds. The van der Waals surface area contributed by atoms with Crippen molar-refractivity contribution in [3.05, 3.63) is 53.6 Å². The van der Waals surface area contributed by atoms with Crippen molar-refractivity contribution in [1.82, 2.24) is 10.2 Å². The first-order valence-corrected chi connectivity index (χ1v) is 9.38. The van der Waals surface area contributed by atoms with E-state index in [4.69, 9.17) is 0 Å². The number of hydrogen-bond donors (Lipinski definition) is 2. The molecule has 27 heavy (non-hydrogen) atoms. The maximum atomic E-state index is 12.3. The van der Waals surface area contributed by atoms with Crippen molar-refractivity contribution in [1.29, 1.82) is 0 Å². The van der Waals surface area contributed by atoms with Crippen LogP contribution in [0.2, 0.25) is 0 Å². The van der Waals surface area contributed by atoms with Crippen LogP contribution in [-0.4, -0.2) is 47.9 Å². The van der Waals surface area contributed by atoms with Crippen molar-refractivity contribution < 1.29 is 14.7 Å². The molecule has 5 heteroatoms. The molecule has 0 aromatic heterocycles. The summed E-state index contributed by atoms with van der Waals surface area (Å²) < 4.78 is 0. The molecular weight excluding hydrogens is 340 g/mol. The number of ketones is 1. The molecule has 1 aliphatic heterocycles. The smallest absolute Gasteiger partial charge is 0.251 e. The lowest BCUT2D eigenvalue weighted by Crippen LogP contribution is -2.31. The van der Waals surface area contributed by atoms with Crippen LogP contribution in [0, 0.1) is 0 Å². The third kappa shape index (κ3) is 4.55. The Labute approximate surface area is 160 Å². The largest absolute Gasteiger partial charge is 0.507 e. The van der Waals surface area contributed by atoms with Gasteiger partial charge in [0.1, 0.15) is 5.75 Å². The number of amides is 1. The van der Waals surface area contributed by atoms with Crippen LogP contribution in [0.5, 0.6) is 5.75 Å². The molecule has 0 spiro atoms. The van der Waals surface area contributed by atoms with Gasteiger partial charge in [-0.25, -0.2) is 0 Å². The number of benzene rings is 2. The summed E-state index contributed by atoms with van der Waals surface area (Å²) in [6, 6.07) is 12.8. The number of carbonyl (C=O) groups is 2. The van der Waals surface area contributed by atoms with Crippen LogP contribution in [0.3, 0.4) is 0 Å². The monoisotopic (exact) mass is 366 g/mol. The van der Waals surface area contributed by atoms with Gasteiger partial charge in [-0.2, -0.15) is 0 Å². The van der Waals surface area contributed by atoms with Gasteiger partial charge >= 0.3 is 0 Å². The lowest BCUT2D eigenvalue weighted by Gasteiger charge is -2.19. The molecule has 0 unspecified atom stereocenters. The summed E-state index contributed by atoms with van der Waals surface area (Å²) in [6.45, 7) is 3.24. The molecule has 2 aromatic carbocycles. The number of Topliss-reactive ketones (excluding diaryl/α,β-unsaturated/α-hetero) is 1. The molecule has 1 heterocycles. The van der Waals surface area contributed by atoms with Gasteiger partial charge < -0.3 is 15.3 Å². The number of likely N-dealkylation sites (tertiary alicyclic amines) is 1. The third-order valence-corrected chi connectivity index (χ3v) is 5.29. The van der Waals surface area contributed by atoms with E-state index in [1.807, 2.05) is 12.1 Å². The zero-order chi connectivity index (χ0) is 19.4. The van der Waals surface area contributed by atoms with Crippen molar-refractivity contribution in [3.63, 3.8) is 0 Å². The van der Waals surface area contributed by atoms with Gasteiger partial charge in [-0.05, 0) is 75.2 Å². The van der Waals surface area contributed by atoms with Crippen LogP contribution in [-0.2, 0) is 0 Å². The van der Waals surface area contributed by atoms with Crippen molar-refractivity contribution in [2.45, 2.75) is 32.2 Å². The third-order valence-electron chi connectivity index (χ3n) is 5.29. The van der Waals surface area contributed by atoms with Gasteiger partial charge in [0.05, 0.1) is 5.56 Å². The van der Waals surface area contributed by atoms with Gasteiger partial charge in [-0.15, -0.1) is 0 Å². The number of phenols is 1. The fraction of sp³-hybridized carbons (Fsp3) is 0.364. The topological polar surface area (TPSA) is 69.6 Å². The van der Waals surface area contributed by atoms with E-state index in [9.17, 15) is 14.7 Å². The van der Waals surface area contributed by atoms with E-state index in [0.29, 0.717) is 23.7 Å². The van der Waals surface area contributed by atoms with Crippen molar-refractivity contribution in [2.24, 2.45) is 0 Å². The second-order valence-corrected chi connectivity index (χ2v) is 7.19. The lowest BCUT2D eigenvalue weighted by molar-refractivity contribution is 0.0949. The summed E-state index contributed by atoms with van der Waals surface area (Å²) in [5.41, 5.74) is 2.63. The highest BCUT2D eigenvalue weighted by molar-refractivity contribution is 5.98. The normalized spacial score (nSPS) is 17.0. The Hall–Kier alpha value is -2.66. The number of phenolic OH excluding ortho intramolecular Hbond substituents is 1. The Morgan fingerprint density at radius 1 is 1.15 bits per heavy atom. The first kappa shape index (κ1) is 19.1. The minimum absolute atomic E-state index is 0.0184. The van der Waals surface area contributed by atoms with Crippen molar-refractivity contribution >= 4 is 11.7 Å². The number of hydrogen-bond acceptors (Lipinski definition) is 4. The Bertz CT molecular complexity index is 830. The van der Waals surface area contributed by atoms with E-state index >= 15 is 0 Å². The van der Waals surface area contributed by atoms with E-state index in [1.165, 1.54) is 25.8 Å². The minimum Gasteiger partial charge on any atom is -0.507 e. The van der Waals surface area contributed by atoms with E-state index in [0.717, 1.165) is 24.1 Å². The molecule has 0 saturated carbocycles. The quantitative estimate of drug-likeness (QED) is 0.768. The van der Waals surface area contributed by atoms with Crippen LogP contribution >= 0.6 is 0 Å². The van der Waals surface area contributed by atoms with Gasteiger partial charge in [0, 0.05) is 18.2 Å². The predicted molar refractivity (Wildman–Crippen MR) is 106 cm³/mol. The Morgan fingerprint density at radius 3 is 2.48 bits per heavy atom. The molecule has 142 valence electrons. The molecule has 2 N–H and O–H groups in total. The standard InChI is InChI=1S/C22H26N2O3/c1-15(25)20-14-18(9-10-21(20)26)16-5-7-17(8-6-16)22(27)23-12-11-19-4-3-13-24(19)2/h5-10,14,19,26H,3-4,11-13H2,1-2H3,(H,23,27)/t19-/m0/s1. The highest BCUT2D eigenvalue weighted by Gasteiger charge is 2.20. The first-order valence-electron chi connectivity index (χ1n) is 9.38. The van der Waals surface area contributed by atoms with Gasteiger partial charge in [-0.3, -0.25) is 9.59 Å². The molecule has 3 rings (SSSR count). The molecule has 5 nitrogen and oxygen atoms in total. The Kier molecular flexibility index (Phi) is 5.91. The number of nitrogens with zero attached hydrogens (tertiary/aromatic N) is 1. The van der Waals surface area contributed by atoms with Crippen LogP contribution < -0.4 is 5.32 Å². The molecule has 1 atom stereocenters. The molecular formula is C22H26N2O3. The zero-order valence-electron chi connectivity index (χ0n) is 15.9. The van der Waals surface area contributed by atoms with Gasteiger partial charge in [-0.1, -0.05) is 18.2 Å². The average molecular weight is 366 g/mol. The molecule has 1 saturated heterocycles. The Balaban J connectivity index is 1.62.